The Kier molecular flexibility index (Phi) is 3.61. The Morgan fingerprint density at radius 2 is 2.44 bits per heavy atom. The molecule has 4 heteroatoms. The normalized spacial score (nSPS) is 17.6. The molecular weight excluding hydrogens is 220 g/mol. The third-order valence-corrected chi connectivity index (χ3v) is 3.16. The second-order valence-corrected chi connectivity index (χ2v) is 5.03. The lowest BCUT2D eigenvalue weighted by Crippen LogP contribution is -2.36. The van der Waals surface area contributed by atoms with E-state index in [4.69, 9.17) is 22.4 Å². The van der Waals surface area contributed by atoms with Crippen LogP contribution in [0.15, 0.2) is 22.8 Å². The molecule has 3 nitrogen and oxygen atoms in total. The Morgan fingerprint density at radius 1 is 1.69 bits per heavy atom. The van der Waals surface area contributed by atoms with Crippen molar-refractivity contribution in [1.29, 1.82) is 0 Å². The fourth-order valence-corrected chi connectivity index (χ4v) is 2.28. The van der Waals surface area contributed by atoms with Crippen LogP contribution >= 0.6 is 12.2 Å². The van der Waals surface area contributed by atoms with Crippen molar-refractivity contribution in [3.63, 3.8) is 0 Å². The summed E-state index contributed by atoms with van der Waals surface area (Å²) >= 11 is 4.97. The highest BCUT2D eigenvalue weighted by atomic mass is 32.1. The van der Waals surface area contributed by atoms with Gasteiger partial charge in [0.25, 0.3) is 0 Å². The Bertz CT molecular complexity index is 346. The van der Waals surface area contributed by atoms with Crippen molar-refractivity contribution < 1.29 is 4.42 Å². The highest BCUT2D eigenvalue weighted by molar-refractivity contribution is 7.80. The lowest BCUT2D eigenvalue weighted by molar-refractivity contribution is 0.179. The van der Waals surface area contributed by atoms with Crippen molar-refractivity contribution in [2.24, 2.45) is 5.73 Å². The molecule has 16 heavy (non-hydrogen) atoms. The van der Waals surface area contributed by atoms with Crippen molar-refractivity contribution in [3.8, 4) is 0 Å². The molecule has 1 aliphatic rings. The minimum absolute atomic E-state index is 0.398. The molecule has 1 saturated carbocycles. The van der Waals surface area contributed by atoms with Crippen LogP contribution in [0.3, 0.4) is 0 Å². The number of hydrogen-bond acceptors (Lipinski definition) is 3. The van der Waals surface area contributed by atoms with Gasteiger partial charge < -0.3 is 10.2 Å². The summed E-state index contributed by atoms with van der Waals surface area (Å²) in [5.41, 5.74) is 5.61. The first kappa shape index (κ1) is 11.6. The maximum absolute atomic E-state index is 5.61. The first-order chi connectivity index (χ1) is 7.66. The molecule has 0 amide bonds. The van der Waals surface area contributed by atoms with E-state index in [1.165, 1.54) is 12.8 Å². The summed E-state index contributed by atoms with van der Waals surface area (Å²) in [6, 6.07) is 5.03. The van der Waals surface area contributed by atoms with E-state index in [9.17, 15) is 0 Å². The lowest BCUT2D eigenvalue weighted by atomic mass is 10.2. The van der Waals surface area contributed by atoms with Crippen molar-refractivity contribution >= 4 is 17.2 Å². The summed E-state index contributed by atoms with van der Waals surface area (Å²) in [5.74, 6) is 1.02. The van der Waals surface area contributed by atoms with Gasteiger partial charge >= 0.3 is 0 Å². The molecule has 1 atom stereocenters. The Hall–Kier alpha value is -0.870. The fourth-order valence-electron chi connectivity index (χ4n) is 2.04. The van der Waals surface area contributed by atoms with Crippen LogP contribution in [0.25, 0.3) is 0 Å². The van der Waals surface area contributed by atoms with Crippen LogP contribution in [-0.2, 0) is 6.54 Å². The van der Waals surface area contributed by atoms with Crippen LogP contribution in [0.1, 0.15) is 31.9 Å². The van der Waals surface area contributed by atoms with E-state index in [0.29, 0.717) is 17.1 Å². The number of furan rings is 1. The van der Waals surface area contributed by atoms with Gasteiger partial charge in [-0.25, -0.2) is 0 Å². The van der Waals surface area contributed by atoms with Gasteiger partial charge in [-0.1, -0.05) is 12.2 Å². The van der Waals surface area contributed by atoms with Gasteiger partial charge in [-0.15, -0.1) is 0 Å². The zero-order valence-corrected chi connectivity index (χ0v) is 10.4. The van der Waals surface area contributed by atoms with Gasteiger partial charge in [0.05, 0.1) is 17.8 Å². The highest BCUT2D eigenvalue weighted by Crippen LogP contribution is 2.31. The molecule has 0 bridgehead atoms. The van der Waals surface area contributed by atoms with Crippen LogP contribution in [0.4, 0.5) is 0 Å². The van der Waals surface area contributed by atoms with Crippen LogP contribution in [0, 0.1) is 0 Å². The van der Waals surface area contributed by atoms with Gasteiger partial charge in [-0.3, -0.25) is 4.90 Å². The molecule has 88 valence electrons. The van der Waals surface area contributed by atoms with Gasteiger partial charge in [-0.2, -0.15) is 0 Å². The summed E-state index contributed by atoms with van der Waals surface area (Å²) in [5, 5.41) is 0. The first-order valence-electron chi connectivity index (χ1n) is 5.73. The van der Waals surface area contributed by atoms with Crippen molar-refractivity contribution in [3.05, 3.63) is 24.2 Å². The number of rotatable bonds is 6. The zero-order valence-electron chi connectivity index (χ0n) is 9.56. The van der Waals surface area contributed by atoms with Crippen molar-refractivity contribution in [1.82, 2.24) is 4.90 Å². The first-order valence-corrected chi connectivity index (χ1v) is 6.14. The van der Waals surface area contributed by atoms with E-state index in [0.717, 1.165) is 18.7 Å². The van der Waals surface area contributed by atoms with E-state index in [1.807, 2.05) is 12.1 Å². The fraction of sp³-hybridized carbons (Fsp3) is 0.583. The summed E-state index contributed by atoms with van der Waals surface area (Å²) in [4.78, 5) is 3.04. The van der Waals surface area contributed by atoms with E-state index >= 15 is 0 Å². The third kappa shape index (κ3) is 3.06. The second-order valence-electron chi connectivity index (χ2n) is 4.50. The minimum Gasteiger partial charge on any atom is -0.468 e. The second kappa shape index (κ2) is 4.97. The van der Waals surface area contributed by atoms with E-state index in [1.54, 1.807) is 6.26 Å². The summed E-state index contributed by atoms with van der Waals surface area (Å²) in [7, 11) is 0. The van der Waals surface area contributed by atoms with E-state index in [2.05, 4.69) is 11.8 Å². The Morgan fingerprint density at radius 3 is 2.94 bits per heavy atom. The van der Waals surface area contributed by atoms with Crippen LogP contribution in [-0.4, -0.2) is 22.0 Å². The molecule has 0 radical (unpaired) electrons. The minimum atomic E-state index is 0.398. The largest absolute Gasteiger partial charge is 0.468 e. The molecule has 0 spiro atoms. The van der Waals surface area contributed by atoms with E-state index in [-0.39, 0.29) is 0 Å². The zero-order chi connectivity index (χ0) is 11.5. The number of nitrogens with zero attached hydrogens (tertiary/aromatic N) is 1. The number of hydrogen-bond donors (Lipinski definition) is 1. The van der Waals surface area contributed by atoms with Crippen LogP contribution in [0.5, 0.6) is 0 Å². The predicted molar refractivity (Wildman–Crippen MR) is 68.1 cm³/mol. The van der Waals surface area contributed by atoms with Gasteiger partial charge in [0, 0.05) is 18.5 Å². The molecule has 2 rings (SSSR count). The van der Waals surface area contributed by atoms with Crippen LogP contribution < -0.4 is 5.73 Å². The summed E-state index contributed by atoms with van der Waals surface area (Å²) < 4.78 is 5.39. The standard InChI is InChI=1S/C12H18N2OS/c1-9(7-12(13)16)14(10-4-5-10)8-11-3-2-6-15-11/h2-3,6,9-10H,4-5,7-8H2,1H3,(H2,13,16). The maximum atomic E-state index is 5.61. The molecular formula is C12H18N2OS. The highest BCUT2D eigenvalue weighted by Gasteiger charge is 2.32. The van der Waals surface area contributed by atoms with Crippen molar-refractivity contribution in [2.45, 2.75) is 44.8 Å². The molecule has 0 aliphatic heterocycles. The molecule has 1 aliphatic carbocycles. The Balaban J connectivity index is 1.96. The molecule has 2 N–H and O–H groups in total. The molecule has 1 aromatic rings. The number of nitrogens with two attached hydrogens (primary N) is 1. The third-order valence-electron chi connectivity index (χ3n) is 3.00. The van der Waals surface area contributed by atoms with Crippen molar-refractivity contribution in [2.75, 3.05) is 0 Å². The average Bonchev–Trinajstić information content (AvgIpc) is 2.91. The average molecular weight is 238 g/mol. The van der Waals surface area contributed by atoms with Gasteiger partial charge in [0.15, 0.2) is 0 Å². The molecule has 1 aromatic heterocycles. The molecule has 1 unspecified atom stereocenters. The van der Waals surface area contributed by atoms with Gasteiger partial charge in [-0.05, 0) is 31.9 Å². The van der Waals surface area contributed by atoms with Gasteiger partial charge in [0.1, 0.15) is 5.76 Å². The van der Waals surface area contributed by atoms with E-state index < -0.39 is 0 Å². The SMILES string of the molecule is CC(CC(N)=S)N(Cc1ccco1)C1CC1. The molecule has 1 heterocycles. The van der Waals surface area contributed by atoms with Gasteiger partial charge in [0.2, 0.25) is 0 Å². The topological polar surface area (TPSA) is 42.4 Å². The van der Waals surface area contributed by atoms with Crippen LogP contribution in [0.2, 0.25) is 0 Å². The maximum Gasteiger partial charge on any atom is 0.117 e. The predicted octanol–water partition coefficient (Wildman–Crippen LogP) is 2.31. The molecule has 0 aromatic carbocycles. The quantitative estimate of drug-likeness (QED) is 0.772. The molecule has 0 saturated heterocycles. The number of thiocarbonyl (C=S) groups is 1. The molecule has 1 fully saturated rings. The monoisotopic (exact) mass is 238 g/mol. The summed E-state index contributed by atoms with van der Waals surface area (Å²) in [6.45, 7) is 3.04. The lowest BCUT2D eigenvalue weighted by Gasteiger charge is -2.27. The summed E-state index contributed by atoms with van der Waals surface area (Å²) in [6.07, 6.45) is 5.07. The smallest absolute Gasteiger partial charge is 0.117 e. The Labute approximate surface area is 102 Å².